The van der Waals surface area contributed by atoms with Crippen molar-refractivity contribution in [3.63, 3.8) is 0 Å². The number of quaternary nitrogens is 1. The van der Waals surface area contributed by atoms with E-state index < -0.39 is 10.0 Å². The fourth-order valence-corrected chi connectivity index (χ4v) is 3.38. The van der Waals surface area contributed by atoms with Crippen molar-refractivity contribution in [1.82, 2.24) is 0 Å². The van der Waals surface area contributed by atoms with Crippen molar-refractivity contribution < 1.29 is 22.5 Å². The monoisotopic (exact) mass is 378 g/mol. The summed E-state index contributed by atoms with van der Waals surface area (Å²) >= 11 is 0. The van der Waals surface area contributed by atoms with Crippen LogP contribution >= 0.6 is 0 Å². The first-order valence-corrected chi connectivity index (χ1v) is 9.88. The molecule has 0 saturated heterocycles. The molecule has 26 heavy (non-hydrogen) atoms. The van der Waals surface area contributed by atoms with E-state index in [9.17, 15) is 17.6 Å². The Labute approximate surface area is 151 Å². The Hall–Kier alpha value is -2.29. The van der Waals surface area contributed by atoms with Crippen LogP contribution < -0.4 is 15.4 Å². The Kier molecular flexibility index (Phi) is 5.36. The zero-order chi connectivity index (χ0) is 18.7. The molecule has 0 aromatic heterocycles. The second kappa shape index (κ2) is 7.53. The molecule has 2 aromatic carbocycles. The molecular formula is C18H21FN3O3S+. The highest BCUT2D eigenvalue weighted by Gasteiger charge is 2.35. The van der Waals surface area contributed by atoms with E-state index in [1.165, 1.54) is 30.3 Å². The second-order valence-electron chi connectivity index (χ2n) is 6.50. The molecular weight excluding hydrogens is 357 g/mol. The lowest BCUT2D eigenvalue weighted by Gasteiger charge is -2.19. The zero-order valence-corrected chi connectivity index (χ0v) is 14.9. The zero-order valence-electron chi connectivity index (χ0n) is 14.1. The number of sulfonamides is 1. The minimum absolute atomic E-state index is 0.0136. The molecule has 1 amide bonds. The lowest BCUT2D eigenvalue weighted by atomic mass is 10.2. The van der Waals surface area contributed by atoms with E-state index in [1.54, 1.807) is 18.2 Å². The van der Waals surface area contributed by atoms with Gasteiger partial charge in [0.2, 0.25) is 10.0 Å². The highest BCUT2D eigenvalue weighted by atomic mass is 32.2. The van der Waals surface area contributed by atoms with Crippen LogP contribution in [0.3, 0.4) is 0 Å². The van der Waals surface area contributed by atoms with E-state index in [4.69, 9.17) is 5.14 Å². The number of hydrogen-bond acceptors (Lipinski definition) is 3. The number of carbonyl (C=O) groups excluding carboxylic acids is 1. The van der Waals surface area contributed by atoms with Gasteiger partial charge in [0.05, 0.1) is 10.9 Å². The number of nitrogens with one attached hydrogen (secondary N) is 2. The molecule has 1 saturated carbocycles. The van der Waals surface area contributed by atoms with Crippen LogP contribution in [0.2, 0.25) is 0 Å². The quantitative estimate of drug-likeness (QED) is 0.661. The Morgan fingerprint density at radius 1 is 1.15 bits per heavy atom. The number of primary sulfonamides is 1. The van der Waals surface area contributed by atoms with Crippen LogP contribution in [-0.2, 0) is 21.4 Å². The lowest BCUT2D eigenvalue weighted by Crippen LogP contribution is -3.13. The summed E-state index contributed by atoms with van der Waals surface area (Å²) in [5.74, 6) is -0.462. The number of nitrogens with two attached hydrogens (primary N) is 1. The van der Waals surface area contributed by atoms with Gasteiger partial charge in [0.1, 0.15) is 12.4 Å². The highest BCUT2D eigenvalue weighted by molar-refractivity contribution is 7.89. The third kappa shape index (κ3) is 4.87. The summed E-state index contributed by atoms with van der Waals surface area (Å²) in [5.41, 5.74) is 1.09. The normalized spacial score (nSPS) is 15.5. The summed E-state index contributed by atoms with van der Waals surface area (Å²) in [6, 6.07) is 12.6. The Balaban J connectivity index is 1.63. The van der Waals surface area contributed by atoms with Crippen molar-refractivity contribution in [1.29, 1.82) is 0 Å². The molecule has 0 aliphatic heterocycles. The molecule has 2 aromatic rings. The molecule has 0 spiro atoms. The predicted octanol–water partition coefficient (Wildman–Crippen LogP) is 0.659. The third-order valence-corrected chi connectivity index (χ3v) is 5.31. The minimum atomic E-state index is -3.76. The van der Waals surface area contributed by atoms with Gasteiger partial charge in [-0.15, -0.1) is 0 Å². The maximum Gasteiger partial charge on any atom is 0.279 e. The molecule has 4 N–H and O–H groups in total. The van der Waals surface area contributed by atoms with E-state index in [-0.39, 0.29) is 23.2 Å². The van der Waals surface area contributed by atoms with E-state index in [0.29, 0.717) is 23.8 Å². The fraction of sp³-hybridized carbons (Fsp3) is 0.278. The second-order valence-corrected chi connectivity index (χ2v) is 8.06. The van der Waals surface area contributed by atoms with E-state index in [2.05, 4.69) is 5.32 Å². The van der Waals surface area contributed by atoms with Crippen LogP contribution in [-0.4, -0.2) is 26.9 Å². The van der Waals surface area contributed by atoms with Gasteiger partial charge >= 0.3 is 0 Å². The molecule has 0 radical (unpaired) electrons. The molecule has 0 bridgehead atoms. The average molecular weight is 378 g/mol. The molecule has 1 atom stereocenters. The van der Waals surface area contributed by atoms with E-state index in [0.717, 1.165) is 17.7 Å². The maximum absolute atomic E-state index is 13.9. The predicted molar refractivity (Wildman–Crippen MR) is 95.4 cm³/mol. The van der Waals surface area contributed by atoms with Crippen molar-refractivity contribution in [2.24, 2.45) is 5.14 Å². The topological polar surface area (TPSA) is 93.7 Å². The van der Waals surface area contributed by atoms with Gasteiger partial charge in [0.25, 0.3) is 5.91 Å². The summed E-state index contributed by atoms with van der Waals surface area (Å²) in [6.07, 6.45) is 2.06. The van der Waals surface area contributed by atoms with Crippen molar-refractivity contribution in [2.75, 3.05) is 11.9 Å². The number of rotatable bonds is 7. The summed E-state index contributed by atoms with van der Waals surface area (Å²) in [5, 5.41) is 7.80. The van der Waals surface area contributed by atoms with E-state index >= 15 is 0 Å². The largest absolute Gasteiger partial charge is 0.321 e. The van der Waals surface area contributed by atoms with Gasteiger partial charge < -0.3 is 10.2 Å². The lowest BCUT2D eigenvalue weighted by molar-refractivity contribution is -0.917. The van der Waals surface area contributed by atoms with Gasteiger partial charge in [0.15, 0.2) is 6.54 Å². The van der Waals surface area contributed by atoms with Gasteiger partial charge in [-0.25, -0.2) is 17.9 Å². The molecule has 1 fully saturated rings. The van der Waals surface area contributed by atoms with Gasteiger partial charge in [-0.05, 0) is 30.3 Å². The van der Waals surface area contributed by atoms with Crippen LogP contribution in [0, 0.1) is 5.82 Å². The Bertz CT molecular complexity index is 896. The third-order valence-electron chi connectivity index (χ3n) is 4.38. The van der Waals surface area contributed by atoms with Crippen molar-refractivity contribution in [2.45, 2.75) is 30.3 Å². The molecule has 138 valence electrons. The Morgan fingerprint density at radius 3 is 2.38 bits per heavy atom. The highest BCUT2D eigenvalue weighted by Crippen LogP contribution is 2.17. The van der Waals surface area contributed by atoms with E-state index in [1.807, 2.05) is 0 Å². The van der Waals surface area contributed by atoms with Crippen molar-refractivity contribution in [3.05, 3.63) is 59.9 Å². The number of amides is 1. The molecule has 0 heterocycles. The molecule has 8 heteroatoms. The summed E-state index contributed by atoms with van der Waals surface area (Å²) < 4.78 is 36.4. The van der Waals surface area contributed by atoms with Crippen LogP contribution in [0.25, 0.3) is 0 Å². The standard InChI is InChI=1S/C18H20FN3O3S/c19-17-4-2-1-3-13(17)11-22(15-7-8-15)12-18(23)21-14-5-9-16(10-6-14)26(20,24)25/h1-6,9-10,15H,7-8,11-12H2,(H,21,23)(H2,20,24,25)/p+1. The van der Waals surface area contributed by atoms with Crippen LogP contribution in [0.5, 0.6) is 0 Å². The maximum atomic E-state index is 13.9. The van der Waals surface area contributed by atoms with Gasteiger partial charge in [-0.1, -0.05) is 18.2 Å². The number of halogens is 1. The average Bonchev–Trinajstić information content (AvgIpc) is 3.41. The first-order chi connectivity index (χ1) is 12.3. The summed E-state index contributed by atoms with van der Waals surface area (Å²) in [4.78, 5) is 13.4. The molecule has 1 aliphatic rings. The summed E-state index contributed by atoms with van der Waals surface area (Å²) in [6.45, 7) is 0.672. The molecule has 6 nitrogen and oxygen atoms in total. The van der Waals surface area contributed by atoms with Crippen LogP contribution in [0.15, 0.2) is 53.4 Å². The minimum Gasteiger partial charge on any atom is -0.321 e. The van der Waals surface area contributed by atoms with Gasteiger partial charge in [-0.2, -0.15) is 0 Å². The molecule has 3 rings (SSSR count). The van der Waals surface area contributed by atoms with Gasteiger partial charge in [0, 0.05) is 24.1 Å². The van der Waals surface area contributed by atoms with Crippen LogP contribution in [0.4, 0.5) is 10.1 Å². The van der Waals surface area contributed by atoms with Crippen molar-refractivity contribution >= 4 is 21.6 Å². The van der Waals surface area contributed by atoms with Crippen molar-refractivity contribution in [3.8, 4) is 0 Å². The number of hydrogen-bond donors (Lipinski definition) is 3. The number of carbonyl (C=O) groups is 1. The first kappa shape index (κ1) is 18.5. The molecule has 1 aliphatic carbocycles. The molecule has 1 unspecified atom stereocenters. The fourth-order valence-electron chi connectivity index (χ4n) is 2.87. The smallest absolute Gasteiger partial charge is 0.279 e. The first-order valence-electron chi connectivity index (χ1n) is 8.33. The SMILES string of the molecule is NS(=O)(=O)c1ccc(NC(=O)C[NH+](Cc2ccccc2F)C2CC2)cc1. The Morgan fingerprint density at radius 2 is 1.81 bits per heavy atom. The van der Waals surface area contributed by atoms with Gasteiger partial charge in [-0.3, -0.25) is 4.79 Å². The number of anilines is 1. The van der Waals surface area contributed by atoms with Crippen LogP contribution in [0.1, 0.15) is 18.4 Å². The number of benzene rings is 2. The summed E-state index contributed by atoms with van der Waals surface area (Å²) in [7, 11) is -3.76.